The quantitative estimate of drug-likeness (QED) is 0.652. The second-order valence-corrected chi connectivity index (χ2v) is 2.31. The molecule has 3 N–H and O–H groups in total. The van der Waals surface area contributed by atoms with Gasteiger partial charge in [0.2, 0.25) is 0 Å². The SMILES string of the molecule is CNc1nc(N)ccc1OCC=O. The summed E-state index contributed by atoms with van der Waals surface area (Å²) in [6.07, 6.45) is 0.676. The zero-order chi connectivity index (χ0) is 9.68. The van der Waals surface area contributed by atoms with Crippen LogP contribution in [0.3, 0.4) is 0 Å². The lowest BCUT2D eigenvalue weighted by atomic mass is 10.4. The number of hydrogen-bond donors (Lipinski definition) is 2. The van der Waals surface area contributed by atoms with E-state index < -0.39 is 0 Å². The Morgan fingerprint density at radius 1 is 1.69 bits per heavy atom. The van der Waals surface area contributed by atoms with E-state index in [4.69, 9.17) is 10.5 Å². The molecule has 0 saturated heterocycles. The van der Waals surface area contributed by atoms with E-state index in [9.17, 15) is 4.79 Å². The zero-order valence-corrected chi connectivity index (χ0v) is 7.28. The third-order valence-electron chi connectivity index (χ3n) is 1.42. The molecule has 5 nitrogen and oxygen atoms in total. The minimum absolute atomic E-state index is 0.0142. The molecule has 13 heavy (non-hydrogen) atoms. The Morgan fingerprint density at radius 2 is 2.46 bits per heavy atom. The van der Waals surface area contributed by atoms with Gasteiger partial charge in [-0.25, -0.2) is 4.98 Å². The summed E-state index contributed by atoms with van der Waals surface area (Å²) in [4.78, 5) is 14.0. The van der Waals surface area contributed by atoms with E-state index >= 15 is 0 Å². The maximum absolute atomic E-state index is 10.1. The molecule has 0 unspecified atom stereocenters. The van der Waals surface area contributed by atoms with Gasteiger partial charge in [0.1, 0.15) is 12.4 Å². The number of carbonyl (C=O) groups is 1. The van der Waals surface area contributed by atoms with Crippen molar-refractivity contribution in [1.29, 1.82) is 0 Å². The molecule has 1 heterocycles. The summed E-state index contributed by atoms with van der Waals surface area (Å²) < 4.78 is 5.08. The summed E-state index contributed by atoms with van der Waals surface area (Å²) in [5.74, 6) is 1.45. The number of pyridine rings is 1. The highest BCUT2D eigenvalue weighted by Gasteiger charge is 2.02. The Morgan fingerprint density at radius 3 is 3.08 bits per heavy atom. The van der Waals surface area contributed by atoms with Crippen LogP contribution in [-0.4, -0.2) is 24.9 Å². The number of nitrogens with one attached hydrogen (secondary N) is 1. The lowest BCUT2D eigenvalue weighted by molar-refractivity contribution is -0.109. The van der Waals surface area contributed by atoms with Crippen molar-refractivity contribution in [1.82, 2.24) is 4.98 Å². The molecule has 0 atom stereocenters. The molecular formula is C8H11N3O2. The van der Waals surface area contributed by atoms with Gasteiger partial charge in [0.25, 0.3) is 0 Å². The molecule has 1 rings (SSSR count). The first-order valence-electron chi connectivity index (χ1n) is 3.78. The van der Waals surface area contributed by atoms with Gasteiger partial charge in [-0.3, -0.25) is 4.79 Å². The number of hydrogen-bond acceptors (Lipinski definition) is 5. The van der Waals surface area contributed by atoms with E-state index in [0.29, 0.717) is 23.7 Å². The van der Waals surface area contributed by atoms with Crippen molar-refractivity contribution < 1.29 is 9.53 Å². The van der Waals surface area contributed by atoms with Crippen molar-refractivity contribution in [3.63, 3.8) is 0 Å². The predicted octanol–water partition coefficient (Wildman–Crippen LogP) is 0.283. The summed E-state index contributed by atoms with van der Waals surface area (Å²) in [5, 5.41) is 2.81. The van der Waals surface area contributed by atoms with Crippen molar-refractivity contribution in [3.8, 4) is 5.75 Å². The Labute approximate surface area is 75.9 Å². The van der Waals surface area contributed by atoms with Gasteiger partial charge < -0.3 is 15.8 Å². The molecule has 1 aromatic heterocycles. The van der Waals surface area contributed by atoms with Gasteiger partial charge in [-0.15, -0.1) is 0 Å². The minimum Gasteiger partial charge on any atom is -0.482 e. The van der Waals surface area contributed by atoms with Crippen LogP contribution in [0.25, 0.3) is 0 Å². The molecule has 0 amide bonds. The first-order valence-corrected chi connectivity index (χ1v) is 3.78. The monoisotopic (exact) mass is 181 g/mol. The molecule has 0 aliphatic heterocycles. The van der Waals surface area contributed by atoms with Gasteiger partial charge in [-0.2, -0.15) is 0 Å². The number of aromatic nitrogens is 1. The van der Waals surface area contributed by atoms with E-state index in [2.05, 4.69) is 10.3 Å². The molecule has 0 radical (unpaired) electrons. The average Bonchev–Trinajstić information content (AvgIpc) is 2.16. The fraction of sp³-hybridized carbons (Fsp3) is 0.250. The molecule has 0 fully saturated rings. The normalized spacial score (nSPS) is 9.31. The zero-order valence-electron chi connectivity index (χ0n) is 7.28. The number of nitrogen functional groups attached to an aromatic ring is 1. The largest absolute Gasteiger partial charge is 0.482 e. The first-order chi connectivity index (χ1) is 6.27. The Bertz CT molecular complexity index is 301. The topological polar surface area (TPSA) is 77.2 Å². The van der Waals surface area contributed by atoms with Crippen LogP contribution >= 0.6 is 0 Å². The molecule has 0 saturated carbocycles. The fourth-order valence-corrected chi connectivity index (χ4v) is 0.881. The fourth-order valence-electron chi connectivity index (χ4n) is 0.881. The lowest BCUT2D eigenvalue weighted by Gasteiger charge is -2.07. The molecule has 5 heteroatoms. The highest BCUT2D eigenvalue weighted by Crippen LogP contribution is 2.22. The Balaban J connectivity index is 2.85. The van der Waals surface area contributed by atoms with E-state index in [0.717, 1.165) is 0 Å². The highest BCUT2D eigenvalue weighted by atomic mass is 16.5. The van der Waals surface area contributed by atoms with Crippen LogP contribution in [0.4, 0.5) is 11.6 Å². The van der Waals surface area contributed by atoms with Gasteiger partial charge >= 0.3 is 0 Å². The van der Waals surface area contributed by atoms with E-state index in [1.165, 1.54) is 0 Å². The van der Waals surface area contributed by atoms with Crippen LogP contribution in [-0.2, 0) is 4.79 Å². The Kier molecular flexibility index (Phi) is 3.08. The van der Waals surface area contributed by atoms with Gasteiger partial charge in [0, 0.05) is 7.05 Å². The van der Waals surface area contributed by atoms with Gasteiger partial charge in [0.15, 0.2) is 17.9 Å². The van der Waals surface area contributed by atoms with Crippen molar-refractivity contribution >= 4 is 17.9 Å². The second kappa shape index (κ2) is 4.30. The van der Waals surface area contributed by atoms with Crippen LogP contribution in [0.15, 0.2) is 12.1 Å². The van der Waals surface area contributed by atoms with Crippen molar-refractivity contribution in [2.24, 2.45) is 0 Å². The van der Waals surface area contributed by atoms with Crippen LogP contribution in [0.5, 0.6) is 5.75 Å². The van der Waals surface area contributed by atoms with E-state index in [1.807, 2.05) is 0 Å². The summed E-state index contributed by atoms with van der Waals surface area (Å²) in [7, 11) is 1.70. The molecule has 0 aromatic carbocycles. The number of anilines is 2. The van der Waals surface area contributed by atoms with E-state index in [-0.39, 0.29) is 6.61 Å². The number of ether oxygens (including phenoxy) is 1. The van der Waals surface area contributed by atoms with E-state index in [1.54, 1.807) is 19.2 Å². The van der Waals surface area contributed by atoms with Gasteiger partial charge in [-0.05, 0) is 12.1 Å². The third-order valence-corrected chi connectivity index (χ3v) is 1.42. The molecule has 1 aromatic rings. The number of rotatable bonds is 4. The van der Waals surface area contributed by atoms with Crippen molar-refractivity contribution in [2.75, 3.05) is 24.7 Å². The summed E-state index contributed by atoms with van der Waals surface area (Å²) in [6.45, 7) is 0.0142. The molecular weight excluding hydrogens is 170 g/mol. The van der Waals surface area contributed by atoms with Gasteiger partial charge in [-0.1, -0.05) is 0 Å². The lowest BCUT2D eigenvalue weighted by Crippen LogP contribution is -2.04. The number of aldehydes is 1. The summed E-state index contributed by atoms with van der Waals surface area (Å²) >= 11 is 0. The van der Waals surface area contributed by atoms with Crippen LogP contribution in [0.1, 0.15) is 0 Å². The maximum Gasteiger partial charge on any atom is 0.170 e. The van der Waals surface area contributed by atoms with Crippen molar-refractivity contribution in [3.05, 3.63) is 12.1 Å². The summed E-state index contributed by atoms with van der Waals surface area (Å²) in [6, 6.07) is 3.28. The molecule has 70 valence electrons. The summed E-state index contributed by atoms with van der Waals surface area (Å²) in [5.41, 5.74) is 5.46. The predicted molar refractivity (Wildman–Crippen MR) is 49.8 cm³/mol. The molecule has 0 bridgehead atoms. The molecule has 0 aliphatic rings. The molecule has 0 spiro atoms. The first kappa shape index (κ1) is 9.31. The van der Waals surface area contributed by atoms with Crippen molar-refractivity contribution in [2.45, 2.75) is 0 Å². The standard InChI is InChI=1S/C8H11N3O2/c1-10-8-6(13-5-4-12)2-3-7(9)11-8/h2-4H,5H2,1H3,(H3,9,10,11). The van der Waals surface area contributed by atoms with Gasteiger partial charge in [0.05, 0.1) is 0 Å². The van der Waals surface area contributed by atoms with Crippen LogP contribution in [0, 0.1) is 0 Å². The Hall–Kier alpha value is -1.78. The number of nitrogens with zero attached hydrogens (tertiary/aromatic N) is 1. The number of nitrogens with two attached hydrogens (primary N) is 1. The number of carbonyl (C=O) groups excluding carboxylic acids is 1. The minimum atomic E-state index is 0.0142. The maximum atomic E-state index is 10.1. The van der Waals surface area contributed by atoms with Crippen LogP contribution in [0.2, 0.25) is 0 Å². The smallest absolute Gasteiger partial charge is 0.170 e. The molecule has 0 aliphatic carbocycles. The highest BCUT2D eigenvalue weighted by molar-refractivity contribution is 5.56. The average molecular weight is 181 g/mol. The van der Waals surface area contributed by atoms with Crippen LogP contribution < -0.4 is 15.8 Å². The third kappa shape index (κ3) is 2.33. The second-order valence-electron chi connectivity index (χ2n) is 2.31.